The molecule has 1 N–H and O–H groups in total. The van der Waals surface area contributed by atoms with E-state index in [1.807, 2.05) is 42.5 Å². The second-order valence-electron chi connectivity index (χ2n) is 5.31. The Balaban J connectivity index is 2.03. The van der Waals surface area contributed by atoms with Gasteiger partial charge < -0.3 is 5.32 Å². The molecule has 0 radical (unpaired) electrons. The van der Waals surface area contributed by atoms with Crippen LogP contribution in [0.3, 0.4) is 0 Å². The first-order chi connectivity index (χ1) is 11.4. The van der Waals surface area contributed by atoms with Gasteiger partial charge in [-0.05, 0) is 23.3 Å². The molecule has 0 amide bonds. The zero-order valence-electron chi connectivity index (χ0n) is 12.9. The maximum absolute atomic E-state index is 3.92. The summed E-state index contributed by atoms with van der Waals surface area (Å²) >= 11 is 0. The monoisotopic (exact) mass is 297 g/mol. The van der Waals surface area contributed by atoms with Crippen LogP contribution in [0.5, 0.6) is 0 Å². The molecule has 0 aliphatic carbocycles. The number of nitrogens with one attached hydrogen (secondary N) is 1. The lowest BCUT2D eigenvalue weighted by atomic mass is 9.93. The molecule has 0 spiro atoms. The summed E-state index contributed by atoms with van der Waals surface area (Å²) in [7, 11) is 0. The molecule has 112 valence electrons. The van der Waals surface area contributed by atoms with Crippen LogP contribution in [0.25, 0.3) is 5.57 Å². The smallest absolute Gasteiger partial charge is 0.0845 e. The fourth-order valence-electron chi connectivity index (χ4n) is 2.66. The lowest BCUT2D eigenvalue weighted by Gasteiger charge is -2.22. The first-order valence-corrected chi connectivity index (χ1v) is 7.70. The van der Waals surface area contributed by atoms with Gasteiger partial charge in [0.1, 0.15) is 0 Å². The topological polar surface area (TPSA) is 12.0 Å². The quantitative estimate of drug-likeness (QED) is 0.595. The molecule has 0 aliphatic rings. The van der Waals surface area contributed by atoms with Crippen molar-refractivity contribution >= 4 is 11.3 Å². The highest BCUT2D eigenvalue weighted by Gasteiger charge is 2.17. The number of benzene rings is 3. The van der Waals surface area contributed by atoms with Gasteiger partial charge in [-0.3, -0.25) is 0 Å². The standard InChI is InChI=1S/C22H19N/c1-2-21(18-12-6-3-7-13-18)22(19-14-8-4-9-15-19)23-20-16-10-5-11-17-20/h3-17,22-23H,1H2. The highest BCUT2D eigenvalue weighted by molar-refractivity contribution is 5.73. The molecule has 1 unspecified atom stereocenters. The summed E-state index contributed by atoms with van der Waals surface area (Å²) in [6.45, 7) is 3.92. The van der Waals surface area contributed by atoms with Crippen LogP contribution in [0.15, 0.2) is 103 Å². The highest BCUT2D eigenvalue weighted by atomic mass is 14.9. The third kappa shape index (κ3) is 3.60. The zero-order chi connectivity index (χ0) is 15.9. The summed E-state index contributed by atoms with van der Waals surface area (Å²) in [6, 6.07) is 30.9. The Morgan fingerprint density at radius 1 is 0.739 bits per heavy atom. The molecule has 0 saturated carbocycles. The van der Waals surface area contributed by atoms with Gasteiger partial charge in [0.2, 0.25) is 0 Å². The molecule has 0 saturated heterocycles. The average Bonchev–Trinajstić information content (AvgIpc) is 2.64. The summed E-state index contributed by atoms with van der Waals surface area (Å²) < 4.78 is 0. The number of rotatable bonds is 5. The molecule has 1 atom stereocenters. The van der Waals surface area contributed by atoms with Gasteiger partial charge in [0.15, 0.2) is 0 Å². The van der Waals surface area contributed by atoms with Crippen molar-refractivity contribution in [1.82, 2.24) is 0 Å². The lowest BCUT2D eigenvalue weighted by molar-refractivity contribution is 1.01. The second-order valence-corrected chi connectivity index (χ2v) is 5.31. The largest absolute Gasteiger partial charge is 0.374 e. The normalized spacial score (nSPS) is 11.3. The second kappa shape index (κ2) is 7.31. The molecule has 1 nitrogen and oxygen atoms in total. The Hall–Kier alpha value is -3.02. The Kier molecular flexibility index (Phi) is 4.73. The number of hydrogen-bond donors (Lipinski definition) is 1. The van der Waals surface area contributed by atoms with Crippen LogP contribution in [0.2, 0.25) is 0 Å². The molecule has 0 heterocycles. The van der Waals surface area contributed by atoms with Crippen LogP contribution >= 0.6 is 0 Å². The number of anilines is 1. The first kappa shape index (κ1) is 14.9. The van der Waals surface area contributed by atoms with E-state index in [1.54, 1.807) is 0 Å². The van der Waals surface area contributed by atoms with E-state index in [0.29, 0.717) is 0 Å². The molecule has 23 heavy (non-hydrogen) atoms. The third-order valence-electron chi connectivity index (χ3n) is 3.78. The van der Waals surface area contributed by atoms with E-state index in [9.17, 15) is 0 Å². The Morgan fingerprint density at radius 3 is 1.83 bits per heavy atom. The van der Waals surface area contributed by atoms with Gasteiger partial charge in [-0.2, -0.15) is 0 Å². The summed E-state index contributed by atoms with van der Waals surface area (Å²) in [4.78, 5) is 0. The zero-order valence-corrected chi connectivity index (χ0v) is 12.9. The Bertz CT molecular complexity index is 785. The Labute approximate surface area is 137 Å². The van der Waals surface area contributed by atoms with Crippen molar-refractivity contribution in [2.75, 3.05) is 5.32 Å². The van der Waals surface area contributed by atoms with E-state index in [2.05, 4.69) is 66.2 Å². The van der Waals surface area contributed by atoms with Gasteiger partial charge in [0.05, 0.1) is 6.04 Å². The Morgan fingerprint density at radius 2 is 1.26 bits per heavy atom. The van der Waals surface area contributed by atoms with Crippen molar-refractivity contribution < 1.29 is 0 Å². The average molecular weight is 297 g/mol. The van der Waals surface area contributed by atoms with Crippen molar-refractivity contribution in [1.29, 1.82) is 0 Å². The molecular weight excluding hydrogens is 278 g/mol. The molecule has 0 aromatic heterocycles. The van der Waals surface area contributed by atoms with Crippen molar-refractivity contribution in [3.8, 4) is 0 Å². The molecule has 0 fully saturated rings. The van der Waals surface area contributed by atoms with Gasteiger partial charge in [-0.15, -0.1) is 5.73 Å². The van der Waals surface area contributed by atoms with Gasteiger partial charge in [0.25, 0.3) is 0 Å². The molecule has 3 rings (SSSR count). The van der Waals surface area contributed by atoms with Crippen LogP contribution in [0.4, 0.5) is 5.69 Å². The van der Waals surface area contributed by atoms with Gasteiger partial charge in [-0.25, -0.2) is 0 Å². The van der Waals surface area contributed by atoms with E-state index in [0.717, 1.165) is 16.8 Å². The summed E-state index contributed by atoms with van der Waals surface area (Å²) in [5.41, 5.74) is 7.57. The van der Waals surface area contributed by atoms with Crippen molar-refractivity contribution in [2.45, 2.75) is 6.04 Å². The minimum Gasteiger partial charge on any atom is -0.374 e. The molecule has 3 aromatic carbocycles. The van der Waals surface area contributed by atoms with Gasteiger partial charge >= 0.3 is 0 Å². The summed E-state index contributed by atoms with van der Waals surface area (Å²) in [6.07, 6.45) is 0. The van der Waals surface area contributed by atoms with E-state index in [1.165, 1.54) is 5.56 Å². The predicted molar refractivity (Wildman–Crippen MR) is 98.2 cm³/mol. The van der Waals surface area contributed by atoms with Crippen LogP contribution in [0.1, 0.15) is 17.2 Å². The molecule has 3 aromatic rings. The minimum atomic E-state index is -0.00139. The number of hydrogen-bond acceptors (Lipinski definition) is 1. The molecular formula is C22H19N. The van der Waals surface area contributed by atoms with E-state index in [-0.39, 0.29) is 6.04 Å². The van der Waals surface area contributed by atoms with Gasteiger partial charge in [0, 0.05) is 11.3 Å². The van der Waals surface area contributed by atoms with Crippen LogP contribution in [-0.2, 0) is 0 Å². The van der Waals surface area contributed by atoms with Crippen molar-refractivity contribution in [2.24, 2.45) is 0 Å². The van der Waals surface area contributed by atoms with E-state index >= 15 is 0 Å². The van der Waals surface area contributed by atoms with Crippen LogP contribution in [0, 0.1) is 0 Å². The van der Waals surface area contributed by atoms with Crippen LogP contribution in [-0.4, -0.2) is 0 Å². The molecule has 1 heteroatoms. The molecule has 0 bridgehead atoms. The van der Waals surface area contributed by atoms with E-state index in [4.69, 9.17) is 0 Å². The maximum Gasteiger partial charge on any atom is 0.0845 e. The fourth-order valence-corrected chi connectivity index (χ4v) is 2.66. The van der Waals surface area contributed by atoms with Crippen LogP contribution < -0.4 is 5.32 Å². The minimum absolute atomic E-state index is 0.00139. The maximum atomic E-state index is 3.92. The van der Waals surface area contributed by atoms with E-state index < -0.39 is 0 Å². The van der Waals surface area contributed by atoms with Gasteiger partial charge in [-0.1, -0.05) is 85.4 Å². The predicted octanol–water partition coefficient (Wildman–Crippen LogP) is 5.71. The fraction of sp³-hybridized carbons (Fsp3) is 0.0455. The van der Waals surface area contributed by atoms with Crippen molar-refractivity contribution in [3.63, 3.8) is 0 Å². The third-order valence-corrected chi connectivity index (χ3v) is 3.78. The molecule has 0 aliphatic heterocycles. The summed E-state index contributed by atoms with van der Waals surface area (Å²) in [5, 5.41) is 3.61. The SMILES string of the molecule is C=C=C(c1ccccc1)C(Nc1ccccc1)c1ccccc1. The first-order valence-electron chi connectivity index (χ1n) is 7.70. The van der Waals surface area contributed by atoms with Crippen molar-refractivity contribution in [3.05, 3.63) is 114 Å². The lowest BCUT2D eigenvalue weighted by Crippen LogP contribution is -2.12. The summed E-state index contributed by atoms with van der Waals surface area (Å²) in [5.74, 6) is 0. The highest BCUT2D eigenvalue weighted by Crippen LogP contribution is 2.32. The number of para-hydroxylation sites is 1.